The summed E-state index contributed by atoms with van der Waals surface area (Å²) in [4.78, 5) is 11.6. The number of ether oxygens (including phenoxy) is 2. The molecule has 2 aliphatic rings. The number of carbonyl (C=O) groups is 1. The van der Waals surface area contributed by atoms with Crippen LogP contribution in [0, 0.1) is 0 Å². The number of benzene rings is 1. The molecule has 0 bridgehead atoms. The fourth-order valence-electron chi connectivity index (χ4n) is 2.05. The quantitative estimate of drug-likeness (QED) is 0.601. The molecule has 3 nitrogen and oxygen atoms in total. The molecular formula is C12H10O3. The van der Waals surface area contributed by atoms with Crippen LogP contribution >= 0.6 is 0 Å². The monoisotopic (exact) mass is 202 g/mol. The molecule has 3 rings (SSSR count). The first-order valence-corrected chi connectivity index (χ1v) is 4.93. The standard InChI is InChI=1S/C12H10O3/c1-7-9-6-14-10-5-3-2-4-8(10)11(9)12(13)15-7/h2-5,7H,6H2,1H3. The molecule has 0 fully saturated rings. The van der Waals surface area contributed by atoms with E-state index in [-0.39, 0.29) is 12.1 Å². The number of carbonyl (C=O) groups excluding carboxylic acids is 1. The second-order valence-corrected chi connectivity index (χ2v) is 3.73. The third-order valence-electron chi connectivity index (χ3n) is 2.84. The van der Waals surface area contributed by atoms with Crippen molar-refractivity contribution in [3.8, 4) is 5.75 Å². The fourth-order valence-corrected chi connectivity index (χ4v) is 2.05. The Bertz CT molecular complexity index is 474. The van der Waals surface area contributed by atoms with Crippen LogP contribution in [0.1, 0.15) is 12.5 Å². The number of cyclic esters (lactones) is 1. The van der Waals surface area contributed by atoms with E-state index in [9.17, 15) is 4.79 Å². The van der Waals surface area contributed by atoms with Gasteiger partial charge in [-0.2, -0.15) is 0 Å². The minimum absolute atomic E-state index is 0.152. The number of para-hydroxylation sites is 1. The lowest BCUT2D eigenvalue weighted by molar-refractivity contribution is -0.137. The van der Waals surface area contributed by atoms with Crippen molar-refractivity contribution in [3.05, 3.63) is 35.4 Å². The number of hydrogen-bond donors (Lipinski definition) is 0. The molecule has 1 unspecified atom stereocenters. The van der Waals surface area contributed by atoms with Gasteiger partial charge in [0.25, 0.3) is 0 Å². The van der Waals surface area contributed by atoms with Gasteiger partial charge in [0.2, 0.25) is 0 Å². The Balaban J connectivity index is 2.22. The van der Waals surface area contributed by atoms with Crippen LogP contribution in [0.4, 0.5) is 0 Å². The van der Waals surface area contributed by atoms with E-state index in [1.807, 2.05) is 31.2 Å². The molecule has 2 aliphatic heterocycles. The first kappa shape index (κ1) is 8.53. The molecule has 0 N–H and O–H groups in total. The summed E-state index contributed by atoms with van der Waals surface area (Å²) in [5, 5.41) is 0. The largest absolute Gasteiger partial charge is 0.488 e. The number of rotatable bonds is 0. The normalized spacial score (nSPS) is 23.0. The van der Waals surface area contributed by atoms with Gasteiger partial charge in [-0.05, 0) is 13.0 Å². The molecule has 0 aromatic heterocycles. The topological polar surface area (TPSA) is 35.5 Å². The van der Waals surface area contributed by atoms with Gasteiger partial charge in [-0.1, -0.05) is 18.2 Å². The summed E-state index contributed by atoms with van der Waals surface area (Å²) in [5.74, 6) is 0.538. The van der Waals surface area contributed by atoms with Crippen molar-refractivity contribution in [1.82, 2.24) is 0 Å². The Kier molecular flexibility index (Phi) is 1.63. The molecule has 0 saturated carbocycles. The van der Waals surface area contributed by atoms with Gasteiger partial charge < -0.3 is 9.47 Å². The lowest BCUT2D eigenvalue weighted by Gasteiger charge is -2.18. The van der Waals surface area contributed by atoms with E-state index in [1.165, 1.54) is 0 Å². The fraction of sp³-hybridized carbons (Fsp3) is 0.250. The van der Waals surface area contributed by atoms with Crippen LogP contribution in [-0.4, -0.2) is 18.7 Å². The maximum absolute atomic E-state index is 11.6. The van der Waals surface area contributed by atoms with Gasteiger partial charge in [-0.25, -0.2) is 4.79 Å². The molecular weight excluding hydrogens is 192 g/mol. The average molecular weight is 202 g/mol. The molecule has 0 aliphatic carbocycles. The zero-order chi connectivity index (χ0) is 10.4. The molecule has 0 radical (unpaired) electrons. The van der Waals surface area contributed by atoms with Gasteiger partial charge in [0, 0.05) is 11.1 Å². The zero-order valence-corrected chi connectivity index (χ0v) is 8.32. The van der Waals surface area contributed by atoms with E-state index in [2.05, 4.69) is 0 Å². The highest BCUT2D eigenvalue weighted by molar-refractivity contribution is 6.20. The highest BCUT2D eigenvalue weighted by Gasteiger charge is 2.36. The highest BCUT2D eigenvalue weighted by atomic mass is 16.6. The van der Waals surface area contributed by atoms with E-state index in [1.54, 1.807) is 0 Å². The van der Waals surface area contributed by atoms with Gasteiger partial charge in [-0.15, -0.1) is 0 Å². The molecule has 1 aromatic rings. The van der Waals surface area contributed by atoms with Crippen LogP contribution in [0.2, 0.25) is 0 Å². The lowest BCUT2D eigenvalue weighted by Crippen LogP contribution is -2.14. The summed E-state index contributed by atoms with van der Waals surface area (Å²) in [5.41, 5.74) is 2.51. The Morgan fingerprint density at radius 1 is 1.33 bits per heavy atom. The molecule has 1 atom stereocenters. The van der Waals surface area contributed by atoms with Gasteiger partial charge in [-0.3, -0.25) is 0 Å². The molecule has 2 heterocycles. The number of esters is 1. The third-order valence-corrected chi connectivity index (χ3v) is 2.84. The second kappa shape index (κ2) is 2.86. The Hall–Kier alpha value is -1.77. The van der Waals surface area contributed by atoms with Crippen molar-refractivity contribution in [1.29, 1.82) is 0 Å². The van der Waals surface area contributed by atoms with Crippen molar-refractivity contribution in [3.63, 3.8) is 0 Å². The summed E-state index contributed by atoms with van der Waals surface area (Å²) in [7, 11) is 0. The minimum atomic E-state index is -0.228. The smallest absolute Gasteiger partial charge is 0.339 e. The third kappa shape index (κ3) is 1.09. The summed E-state index contributed by atoms with van der Waals surface area (Å²) in [6.07, 6.45) is -0.152. The van der Waals surface area contributed by atoms with E-state index < -0.39 is 0 Å². The predicted molar refractivity (Wildman–Crippen MR) is 54.4 cm³/mol. The van der Waals surface area contributed by atoms with Crippen LogP contribution < -0.4 is 4.74 Å². The van der Waals surface area contributed by atoms with Gasteiger partial charge in [0.05, 0.1) is 5.57 Å². The Morgan fingerprint density at radius 2 is 2.13 bits per heavy atom. The van der Waals surface area contributed by atoms with Crippen molar-refractivity contribution >= 4 is 11.5 Å². The SMILES string of the molecule is CC1OC(=O)C2=C1COc1ccccc12. The molecule has 76 valence electrons. The van der Waals surface area contributed by atoms with Crippen molar-refractivity contribution in [2.75, 3.05) is 6.61 Å². The van der Waals surface area contributed by atoms with Crippen LogP contribution in [0.25, 0.3) is 5.57 Å². The maximum atomic E-state index is 11.6. The Morgan fingerprint density at radius 3 is 3.00 bits per heavy atom. The summed E-state index contributed by atoms with van der Waals surface area (Å²) in [6.45, 7) is 2.33. The van der Waals surface area contributed by atoms with Gasteiger partial charge >= 0.3 is 5.97 Å². The van der Waals surface area contributed by atoms with E-state index >= 15 is 0 Å². The minimum Gasteiger partial charge on any atom is -0.488 e. The molecule has 0 amide bonds. The molecule has 1 aromatic carbocycles. The second-order valence-electron chi connectivity index (χ2n) is 3.73. The highest BCUT2D eigenvalue weighted by Crippen LogP contribution is 2.39. The molecule has 0 spiro atoms. The van der Waals surface area contributed by atoms with Crippen LogP contribution in [0.5, 0.6) is 5.75 Å². The molecule has 3 heteroatoms. The molecule has 0 saturated heterocycles. The summed E-state index contributed by atoms with van der Waals surface area (Å²) >= 11 is 0. The summed E-state index contributed by atoms with van der Waals surface area (Å²) in [6, 6.07) is 7.56. The van der Waals surface area contributed by atoms with Crippen LogP contribution in [-0.2, 0) is 9.53 Å². The molecule has 15 heavy (non-hydrogen) atoms. The lowest BCUT2D eigenvalue weighted by atomic mass is 9.97. The van der Waals surface area contributed by atoms with E-state index in [4.69, 9.17) is 9.47 Å². The Labute approximate surface area is 87.3 Å². The van der Waals surface area contributed by atoms with E-state index in [0.717, 1.165) is 16.9 Å². The van der Waals surface area contributed by atoms with Crippen molar-refractivity contribution in [2.24, 2.45) is 0 Å². The summed E-state index contributed by atoms with van der Waals surface area (Å²) < 4.78 is 10.7. The van der Waals surface area contributed by atoms with Crippen molar-refractivity contribution in [2.45, 2.75) is 13.0 Å². The van der Waals surface area contributed by atoms with E-state index in [0.29, 0.717) is 12.2 Å². The van der Waals surface area contributed by atoms with Gasteiger partial charge in [0.15, 0.2) is 0 Å². The van der Waals surface area contributed by atoms with Crippen LogP contribution in [0.15, 0.2) is 29.8 Å². The first-order valence-electron chi connectivity index (χ1n) is 4.93. The maximum Gasteiger partial charge on any atom is 0.339 e. The number of hydrogen-bond acceptors (Lipinski definition) is 3. The van der Waals surface area contributed by atoms with Crippen LogP contribution in [0.3, 0.4) is 0 Å². The average Bonchev–Trinajstić information content (AvgIpc) is 2.55. The zero-order valence-electron chi connectivity index (χ0n) is 8.32. The first-order chi connectivity index (χ1) is 7.27. The van der Waals surface area contributed by atoms with Crippen molar-refractivity contribution < 1.29 is 14.3 Å². The van der Waals surface area contributed by atoms with Gasteiger partial charge in [0.1, 0.15) is 18.5 Å². The number of fused-ring (bicyclic) bond motifs is 2. The predicted octanol–water partition coefficient (Wildman–Crippen LogP) is 1.78.